The number of carbonyl (C=O) groups is 1. The Morgan fingerprint density at radius 2 is 1.89 bits per heavy atom. The molecule has 98 valence electrons. The number of hydrogen-bond donors (Lipinski definition) is 2. The zero-order valence-electron chi connectivity index (χ0n) is 9.95. The van der Waals surface area contributed by atoms with Crippen LogP contribution in [0.4, 0.5) is 11.4 Å². The van der Waals surface area contributed by atoms with Gasteiger partial charge in [0.15, 0.2) is 10.3 Å². The van der Waals surface area contributed by atoms with Gasteiger partial charge in [0.1, 0.15) is 12.0 Å². The first-order valence-electron chi connectivity index (χ1n) is 5.33. The maximum Gasteiger partial charge on any atom is 0.257 e. The molecule has 0 atom stereocenters. The molecule has 1 aromatic carbocycles. The van der Waals surface area contributed by atoms with E-state index in [0.29, 0.717) is 11.3 Å². The molecule has 0 fully saturated rings. The first-order chi connectivity index (χ1) is 9.00. The third-order valence-corrected chi connectivity index (χ3v) is 3.14. The van der Waals surface area contributed by atoms with Crippen LogP contribution >= 0.6 is 23.2 Å². The fourth-order valence-electron chi connectivity index (χ4n) is 1.51. The Kier molecular flexibility index (Phi) is 3.87. The smallest absolute Gasteiger partial charge is 0.257 e. The summed E-state index contributed by atoms with van der Waals surface area (Å²) in [5.74, 6) is -0.417. The van der Waals surface area contributed by atoms with Gasteiger partial charge in [-0.1, -0.05) is 35.3 Å². The minimum atomic E-state index is -0.417. The Morgan fingerprint density at radius 1 is 1.26 bits per heavy atom. The van der Waals surface area contributed by atoms with E-state index in [0.717, 1.165) is 5.56 Å². The number of aromatic nitrogens is 2. The lowest BCUT2D eigenvalue weighted by Gasteiger charge is -2.10. The lowest BCUT2D eigenvalue weighted by molar-refractivity contribution is 0.102. The van der Waals surface area contributed by atoms with E-state index < -0.39 is 5.91 Å². The van der Waals surface area contributed by atoms with Crippen molar-refractivity contribution in [2.24, 2.45) is 0 Å². The third kappa shape index (κ3) is 2.77. The van der Waals surface area contributed by atoms with Crippen LogP contribution in [0.25, 0.3) is 0 Å². The van der Waals surface area contributed by atoms with Crippen molar-refractivity contribution >= 4 is 40.5 Å². The van der Waals surface area contributed by atoms with Crippen LogP contribution in [0.1, 0.15) is 15.9 Å². The number of rotatable bonds is 2. The Labute approximate surface area is 119 Å². The lowest BCUT2D eigenvalue weighted by Crippen LogP contribution is -2.15. The maximum absolute atomic E-state index is 12.1. The second-order valence-electron chi connectivity index (χ2n) is 3.82. The summed E-state index contributed by atoms with van der Waals surface area (Å²) in [6, 6.07) is 5.17. The van der Waals surface area contributed by atoms with Gasteiger partial charge >= 0.3 is 0 Å². The monoisotopic (exact) mass is 296 g/mol. The molecule has 3 N–H and O–H groups in total. The van der Waals surface area contributed by atoms with E-state index in [4.69, 9.17) is 28.9 Å². The van der Waals surface area contributed by atoms with Gasteiger partial charge in [0, 0.05) is 5.69 Å². The van der Waals surface area contributed by atoms with Crippen molar-refractivity contribution < 1.29 is 4.79 Å². The second-order valence-corrected chi connectivity index (χ2v) is 4.54. The highest BCUT2D eigenvalue weighted by atomic mass is 35.5. The minimum absolute atomic E-state index is 0.0691. The molecule has 0 aliphatic carbocycles. The zero-order chi connectivity index (χ0) is 14.0. The number of benzene rings is 1. The highest BCUT2D eigenvalue weighted by Crippen LogP contribution is 2.27. The van der Waals surface area contributed by atoms with Crippen LogP contribution in [-0.4, -0.2) is 15.9 Å². The van der Waals surface area contributed by atoms with Gasteiger partial charge in [-0.2, -0.15) is 0 Å². The minimum Gasteiger partial charge on any atom is -0.398 e. The summed E-state index contributed by atoms with van der Waals surface area (Å²) in [7, 11) is 0. The summed E-state index contributed by atoms with van der Waals surface area (Å²) >= 11 is 11.7. The highest BCUT2D eigenvalue weighted by Gasteiger charge is 2.15. The molecule has 0 spiro atoms. The number of nitrogens with two attached hydrogens (primary N) is 1. The molecule has 0 aliphatic rings. The molecule has 2 rings (SSSR count). The number of halogens is 2. The summed E-state index contributed by atoms with van der Waals surface area (Å²) in [6.45, 7) is 1.82. The number of carbonyl (C=O) groups excluding carboxylic acids is 1. The summed E-state index contributed by atoms with van der Waals surface area (Å²) in [5.41, 5.74) is 7.58. The van der Waals surface area contributed by atoms with E-state index in [-0.39, 0.29) is 16.0 Å². The normalized spacial score (nSPS) is 10.3. The molecule has 7 heteroatoms. The molecule has 5 nitrogen and oxygen atoms in total. The van der Waals surface area contributed by atoms with Crippen molar-refractivity contribution in [3.8, 4) is 0 Å². The number of aryl methyl sites for hydroxylation is 1. The highest BCUT2D eigenvalue weighted by molar-refractivity contribution is 6.38. The SMILES string of the molecule is Cc1cccc(C(=O)Nc2c(Cl)ncnc2Cl)c1N. The van der Waals surface area contributed by atoms with Crippen LogP contribution in [0.3, 0.4) is 0 Å². The van der Waals surface area contributed by atoms with Crippen LogP contribution in [0.2, 0.25) is 10.3 Å². The quantitative estimate of drug-likeness (QED) is 0.659. The Balaban J connectivity index is 2.34. The zero-order valence-corrected chi connectivity index (χ0v) is 11.5. The van der Waals surface area contributed by atoms with Crippen LogP contribution in [0.5, 0.6) is 0 Å². The maximum atomic E-state index is 12.1. The Morgan fingerprint density at radius 3 is 2.53 bits per heavy atom. The summed E-state index contributed by atoms with van der Waals surface area (Å²) in [5, 5.41) is 2.69. The molecule has 0 saturated carbocycles. The van der Waals surface area contributed by atoms with E-state index in [2.05, 4.69) is 15.3 Å². The number of anilines is 2. The molecule has 19 heavy (non-hydrogen) atoms. The molecule has 1 heterocycles. The number of nitrogens with one attached hydrogen (secondary N) is 1. The van der Waals surface area contributed by atoms with Gasteiger partial charge in [0.25, 0.3) is 5.91 Å². The molecule has 0 aliphatic heterocycles. The first-order valence-corrected chi connectivity index (χ1v) is 6.08. The van der Waals surface area contributed by atoms with Crippen molar-refractivity contribution in [2.75, 3.05) is 11.1 Å². The fraction of sp³-hybridized carbons (Fsp3) is 0.0833. The van der Waals surface area contributed by atoms with E-state index in [1.165, 1.54) is 6.33 Å². The van der Waals surface area contributed by atoms with Crippen molar-refractivity contribution in [1.82, 2.24) is 9.97 Å². The third-order valence-electron chi connectivity index (χ3n) is 2.56. The summed E-state index contributed by atoms with van der Waals surface area (Å²) < 4.78 is 0. The molecule has 1 amide bonds. The largest absolute Gasteiger partial charge is 0.398 e. The number of nitrogen functional groups attached to an aromatic ring is 1. The molecule has 1 aromatic heterocycles. The average Bonchev–Trinajstić information content (AvgIpc) is 2.37. The van der Waals surface area contributed by atoms with Gasteiger partial charge in [-0.25, -0.2) is 9.97 Å². The molecule has 2 aromatic rings. The van der Waals surface area contributed by atoms with Crippen molar-refractivity contribution in [3.63, 3.8) is 0 Å². The van der Waals surface area contributed by atoms with Crippen LogP contribution in [-0.2, 0) is 0 Å². The van der Waals surface area contributed by atoms with Crippen molar-refractivity contribution in [2.45, 2.75) is 6.92 Å². The Hall–Kier alpha value is -1.85. The van der Waals surface area contributed by atoms with Gasteiger partial charge in [-0.05, 0) is 18.6 Å². The molecule has 0 saturated heterocycles. The Bertz CT molecular complexity index is 625. The molecule has 0 bridgehead atoms. The van der Waals surface area contributed by atoms with Crippen LogP contribution in [0, 0.1) is 6.92 Å². The molecule has 0 unspecified atom stereocenters. The number of nitrogens with zero attached hydrogens (tertiary/aromatic N) is 2. The van der Waals surface area contributed by atoms with Gasteiger partial charge < -0.3 is 11.1 Å². The first kappa shape index (κ1) is 13.6. The predicted molar refractivity (Wildman–Crippen MR) is 75.6 cm³/mol. The number of para-hydroxylation sites is 1. The number of hydrogen-bond acceptors (Lipinski definition) is 4. The van der Waals surface area contributed by atoms with Gasteiger partial charge in [0.2, 0.25) is 0 Å². The molecule has 0 radical (unpaired) electrons. The van der Waals surface area contributed by atoms with E-state index >= 15 is 0 Å². The van der Waals surface area contributed by atoms with Crippen LogP contribution in [0.15, 0.2) is 24.5 Å². The van der Waals surface area contributed by atoms with E-state index in [1.807, 2.05) is 13.0 Å². The van der Waals surface area contributed by atoms with E-state index in [1.54, 1.807) is 12.1 Å². The van der Waals surface area contributed by atoms with E-state index in [9.17, 15) is 4.79 Å². The second kappa shape index (κ2) is 5.42. The summed E-state index contributed by atoms with van der Waals surface area (Å²) in [6.07, 6.45) is 1.21. The number of amides is 1. The fourth-order valence-corrected chi connectivity index (χ4v) is 1.92. The lowest BCUT2D eigenvalue weighted by atomic mass is 10.1. The molecular weight excluding hydrogens is 287 g/mol. The van der Waals surface area contributed by atoms with Crippen molar-refractivity contribution in [3.05, 3.63) is 46.0 Å². The van der Waals surface area contributed by atoms with Gasteiger partial charge in [-0.15, -0.1) is 0 Å². The summed E-state index contributed by atoms with van der Waals surface area (Å²) in [4.78, 5) is 19.6. The van der Waals surface area contributed by atoms with Crippen molar-refractivity contribution in [1.29, 1.82) is 0 Å². The average molecular weight is 297 g/mol. The standard InChI is InChI=1S/C12H10Cl2N4O/c1-6-3-2-4-7(8(6)15)12(19)18-9-10(13)16-5-17-11(9)14/h2-5H,15H2,1H3,(H,18,19). The van der Waals surface area contributed by atoms with Gasteiger partial charge in [-0.3, -0.25) is 4.79 Å². The topological polar surface area (TPSA) is 80.9 Å². The molecular formula is C12H10Cl2N4O. The predicted octanol–water partition coefficient (Wildman–Crippen LogP) is 2.93. The van der Waals surface area contributed by atoms with Gasteiger partial charge in [0.05, 0.1) is 5.56 Å². The van der Waals surface area contributed by atoms with Crippen LogP contribution < -0.4 is 11.1 Å².